The normalized spacial score (nSPS) is 14.7. The number of hydrogen-bond donors (Lipinski definition) is 1. The van der Waals surface area contributed by atoms with Gasteiger partial charge in [-0.1, -0.05) is 6.07 Å². The number of anilines is 1. The summed E-state index contributed by atoms with van der Waals surface area (Å²) in [7, 11) is 0. The van der Waals surface area contributed by atoms with Crippen molar-refractivity contribution in [3.8, 4) is 5.75 Å². The number of benzene rings is 2. The van der Waals surface area contributed by atoms with E-state index in [0.29, 0.717) is 24.2 Å². The van der Waals surface area contributed by atoms with Gasteiger partial charge in [0, 0.05) is 59.6 Å². The number of pyridine rings is 1. The molecule has 6 heteroatoms. The van der Waals surface area contributed by atoms with Crippen LogP contribution >= 0.6 is 11.3 Å². The van der Waals surface area contributed by atoms with Gasteiger partial charge in [0.1, 0.15) is 5.75 Å². The number of phenols is 1. The minimum Gasteiger partial charge on any atom is -0.508 e. The SMILES string of the molecule is O=C(c1cnc2cc(O)ccc2c1)N1CCN(c2cccc3sccc23)CC1. The summed E-state index contributed by atoms with van der Waals surface area (Å²) in [5, 5.41) is 13.8. The number of fused-ring (bicyclic) bond motifs is 2. The number of thiophene rings is 1. The van der Waals surface area contributed by atoms with Crippen molar-refractivity contribution in [3.05, 3.63) is 65.7 Å². The lowest BCUT2D eigenvalue weighted by atomic mass is 10.1. The molecule has 1 N–H and O–H groups in total. The first kappa shape index (κ1) is 17.0. The number of phenolic OH excluding ortho intramolecular Hbond substituents is 1. The van der Waals surface area contributed by atoms with E-state index in [1.54, 1.807) is 35.7 Å². The first-order chi connectivity index (χ1) is 13.7. The Hall–Kier alpha value is -3.12. The molecule has 1 aliphatic rings. The van der Waals surface area contributed by atoms with E-state index < -0.39 is 0 Å². The van der Waals surface area contributed by atoms with Crippen molar-refractivity contribution < 1.29 is 9.90 Å². The summed E-state index contributed by atoms with van der Waals surface area (Å²) in [4.78, 5) is 21.5. The van der Waals surface area contributed by atoms with Gasteiger partial charge in [-0.3, -0.25) is 9.78 Å². The van der Waals surface area contributed by atoms with Crippen molar-refractivity contribution in [1.29, 1.82) is 0 Å². The molecule has 5 rings (SSSR count). The van der Waals surface area contributed by atoms with Gasteiger partial charge in [-0.05, 0) is 41.8 Å². The molecule has 0 aliphatic carbocycles. The van der Waals surface area contributed by atoms with Crippen LogP contribution in [0.4, 0.5) is 5.69 Å². The first-order valence-electron chi connectivity index (χ1n) is 9.28. The standard InChI is InChI=1S/C22H19N3O2S/c26-17-5-4-15-12-16(14-23-19(15)13-17)22(27)25-9-7-24(8-10-25)20-2-1-3-21-18(20)6-11-28-21/h1-6,11-14,26H,7-10H2. The van der Waals surface area contributed by atoms with E-state index in [9.17, 15) is 9.90 Å². The lowest BCUT2D eigenvalue weighted by molar-refractivity contribution is 0.0746. The van der Waals surface area contributed by atoms with E-state index in [0.717, 1.165) is 18.5 Å². The quantitative estimate of drug-likeness (QED) is 0.560. The number of hydrogen-bond acceptors (Lipinski definition) is 5. The lowest BCUT2D eigenvalue weighted by Crippen LogP contribution is -2.48. The summed E-state index contributed by atoms with van der Waals surface area (Å²) in [5.41, 5.74) is 2.52. The predicted molar refractivity (Wildman–Crippen MR) is 113 cm³/mol. The molecule has 4 aromatic rings. The van der Waals surface area contributed by atoms with Crippen LogP contribution in [0.3, 0.4) is 0 Å². The monoisotopic (exact) mass is 389 g/mol. The Morgan fingerprint density at radius 3 is 2.75 bits per heavy atom. The van der Waals surface area contributed by atoms with Crippen molar-refractivity contribution in [1.82, 2.24) is 9.88 Å². The molecule has 1 fully saturated rings. The number of carbonyl (C=O) groups excluding carboxylic acids is 1. The molecule has 0 spiro atoms. The Balaban J connectivity index is 1.33. The van der Waals surface area contributed by atoms with Gasteiger partial charge in [0.05, 0.1) is 11.1 Å². The second-order valence-corrected chi connectivity index (χ2v) is 7.94. The number of aromatic nitrogens is 1. The third-order valence-corrected chi connectivity index (χ3v) is 6.18. The molecule has 3 heterocycles. The maximum absolute atomic E-state index is 12.9. The van der Waals surface area contributed by atoms with E-state index in [1.807, 2.05) is 11.0 Å². The highest BCUT2D eigenvalue weighted by molar-refractivity contribution is 7.17. The highest BCUT2D eigenvalue weighted by Gasteiger charge is 2.23. The zero-order valence-corrected chi connectivity index (χ0v) is 16.0. The van der Waals surface area contributed by atoms with Gasteiger partial charge in [0.15, 0.2) is 0 Å². The van der Waals surface area contributed by atoms with Crippen molar-refractivity contribution in [3.63, 3.8) is 0 Å². The van der Waals surface area contributed by atoms with Gasteiger partial charge in [-0.25, -0.2) is 0 Å². The summed E-state index contributed by atoms with van der Waals surface area (Å²) in [5.74, 6) is 0.187. The Bertz CT molecular complexity index is 1180. The van der Waals surface area contributed by atoms with Crippen LogP contribution in [-0.2, 0) is 0 Å². The van der Waals surface area contributed by atoms with E-state index in [2.05, 4.69) is 39.5 Å². The Kier molecular flexibility index (Phi) is 4.13. The summed E-state index contributed by atoms with van der Waals surface area (Å²) in [6, 6.07) is 15.4. The molecule has 2 aromatic carbocycles. The highest BCUT2D eigenvalue weighted by atomic mass is 32.1. The second-order valence-electron chi connectivity index (χ2n) is 6.99. The minimum absolute atomic E-state index is 0.0101. The smallest absolute Gasteiger partial charge is 0.255 e. The third kappa shape index (κ3) is 2.96. The summed E-state index contributed by atoms with van der Waals surface area (Å²) in [6.07, 6.45) is 1.60. The zero-order chi connectivity index (χ0) is 19.1. The number of aromatic hydroxyl groups is 1. The van der Waals surface area contributed by atoms with E-state index >= 15 is 0 Å². The minimum atomic E-state index is 0.0101. The van der Waals surface area contributed by atoms with Gasteiger partial charge in [-0.15, -0.1) is 11.3 Å². The van der Waals surface area contributed by atoms with Crippen molar-refractivity contribution in [2.75, 3.05) is 31.1 Å². The fraction of sp³-hybridized carbons (Fsp3) is 0.182. The van der Waals surface area contributed by atoms with Crippen LogP contribution in [-0.4, -0.2) is 47.1 Å². The van der Waals surface area contributed by atoms with Crippen LogP contribution in [0.25, 0.3) is 21.0 Å². The van der Waals surface area contributed by atoms with Crippen molar-refractivity contribution in [2.24, 2.45) is 0 Å². The Morgan fingerprint density at radius 1 is 1.04 bits per heavy atom. The summed E-state index contributed by atoms with van der Waals surface area (Å²) in [6.45, 7) is 3.01. The van der Waals surface area contributed by atoms with E-state index in [4.69, 9.17) is 0 Å². The fourth-order valence-electron chi connectivity index (χ4n) is 3.81. The number of piperazine rings is 1. The fourth-order valence-corrected chi connectivity index (χ4v) is 4.62. The molecular weight excluding hydrogens is 370 g/mol. The second kappa shape index (κ2) is 6.80. The average Bonchev–Trinajstić information content (AvgIpc) is 3.22. The molecule has 0 bridgehead atoms. The van der Waals surface area contributed by atoms with Crippen LogP contribution in [0, 0.1) is 0 Å². The van der Waals surface area contributed by atoms with Crippen LogP contribution in [0.5, 0.6) is 5.75 Å². The maximum atomic E-state index is 12.9. The first-order valence-corrected chi connectivity index (χ1v) is 10.2. The number of carbonyl (C=O) groups is 1. The van der Waals surface area contributed by atoms with Gasteiger partial charge in [0.2, 0.25) is 0 Å². The van der Waals surface area contributed by atoms with E-state index in [-0.39, 0.29) is 11.7 Å². The number of amides is 1. The molecule has 5 nitrogen and oxygen atoms in total. The number of rotatable bonds is 2. The Labute approximate surface area is 166 Å². The molecular formula is C22H19N3O2S. The zero-order valence-electron chi connectivity index (χ0n) is 15.2. The van der Waals surface area contributed by atoms with Crippen molar-refractivity contribution >= 4 is 43.9 Å². The summed E-state index contributed by atoms with van der Waals surface area (Å²) >= 11 is 1.76. The van der Waals surface area contributed by atoms with Crippen LogP contribution in [0.1, 0.15) is 10.4 Å². The predicted octanol–water partition coefficient (Wildman–Crippen LogP) is 4.12. The summed E-state index contributed by atoms with van der Waals surface area (Å²) < 4.78 is 1.30. The Morgan fingerprint density at radius 2 is 1.89 bits per heavy atom. The van der Waals surface area contributed by atoms with Crippen LogP contribution in [0.15, 0.2) is 60.1 Å². The number of nitrogens with zero attached hydrogens (tertiary/aromatic N) is 3. The van der Waals surface area contributed by atoms with Gasteiger partial charge < -0.3 is 14.9 Å². The molecule has 1 aliphatic heterocycles. The van der Waals surface area contributed by atoms with Crippen LogP contribution < -0.4 is 4.90 Å². The molecule has 0 saturated carbocycles. The molecule has 28 heavy (non-hydrogen) atoms. The topological polar surface area (TPSA) is 56.7 Å². The molecule has 0 unspecified atom stereocenters. The molecule has 1 amide bonds. The van der Waals surface area contributed by atoms with Crippen molar-refractivity contribution in [2.45, 2.75) is 0 Å². The molecule has 0 atom stereocenters. The van der Waals surface area contributed by atoms with Gasteiger partial charge in [-0.2, -0.15) is 0 Å². The lowest BCUT2D eigenvalue weighted by Gasteiger charge is -2.36. The molecule has 140 valence electrons. The van der Waals surface area contributed by atoms with E-state index in [1.165, 1.54) is 15.8 Å². The van der Waals surface area contributed by atoms with Crippen LogP contribution in [0.2, 0.25) is 0 Å². The molecule has 2 aromatic heterocycles. The van der Waals surface area contributed by atoms with Gasteiger partial charge >= 0.3 is 0 Å². The highest BCUT2D eigenvalue weighted by Crippen LogP contribution is 2.31. The third-order valence-electron chi connectivity index (χ3n) is 5.30. The molecule has 1 saturated heterocycles. The maximum Gasteiger partial charge on any atom is 0.255 e. The van der Waals surface area contributed by atoms with Gasteiger partial charge in [0.25, 0.3) is 5.91 Å². The average molecular weight is 389 g/mol. The molecule has 0 radical (unpaired) electrons. The largest absolute Gasteiger partial charge is 0.508 e.